The van der Waals surface area contributed by atoms with Crippen molar-refractivity contribution in [2.75, 3.05) is 6.54 Å². The van der Waals surface area contributed by atoms with Crippen molar-refractivity contribution in [2.45, 2.75) is 47.1 Å². The predicted octanol–water partition coefficient (Wildman–Crippen LogP) is 3.40. The van der Waals surface area contributed by atoms with Crippen LogP contribution in [0, 0.1) is 11.8 Å². The number of nitrogens with one attached hydrogen (secondary N) is 1. The Bertz CT molecular complexity index is 628. The summed E-state index contributed by atoms with van der Waals surface area (Å²) in [6.45, 7) is 9.91. The number of aromatic nitrogens is 2. The number of fused-ring (bicyclic) bond motifs is 1. The maximum atomic E-state index is 11.7. The first-order chi connectivity index (χ1) is 10.5. The minimum Gasteiger partial charge on any atom is -0.355 e. The number of aryl methyl sites for hydroxylation is 1. The Hall–Kier alpha value is -1.84. The van der Waals surface area contributed by atoms with Crippen LogP contribution in [0.2, 0.25) is 0 Å². The van der Waals surface area contributed by atoms with E-state index < -0.39 is 0 Å². The van der Waals surface area contributed by atoms with Crippen molar-refractivity contribution < 1.29 is 4.79 Å². The molecule has 1 aromatic carbocycles. The molecule has 0 unspecified atom stereocenters. The normalized spacial score (nSPS) is 11.5. The third kappa shape index (κ3) is 4.09. The first kappa shape index (κ1) is 16.5. The van der Waals surface area contributed by atoms with Gasteiger partial charge in [-0.25, -0.2) is 4.98 Å². The van der Waals surface area contributed by atoms with Crippen LogP contribution in [-0.4, -0.2) is 22.0 Å². The summed E-state index contributed by atoms with van der Waals surface area (Å²) in [6.07, 6.45) is 1.90. The summed E-state index contributed by atoms with van der Waals surface area (Å²) < 4.78 is 2.30. The Labute approximate surface area is 132 Å². The molecule has 0 atom stereocenters. The van der Waals surface area contributed by atoms with Gasteiger partial charge in [-0.15, -0.1) is 0 Å². The fourth-order valence-corrected chi connectivity index (χ4v) is 2.45. The monoisotopic (exact) mass is 301 g/mol. The highest BCUT2D eigenvalue weighted by atomic mass is 16.1. The minimum absolute atomic E-state index is 0.0276. The Balaban J connectivity index is 2.13. The second-order valence-corrected chi connectivity index (χ2v) is 6.55. The molecule has 0 saturated carbocycles. The van der Waals surface area contributed by atoms with Gasteiger partial charge in [0.05, 0.1) is 11.0 Å². The van der Waals surface area contributed by atoms with E-state index in [2.05, 4.69) is 41.9 Å². The lowest BCUT2D eigenvalue weighted by atomic mass is 10.1. The van der Waals surface area contributed by atoms with Gasteiger partial charge >= 0.3 is 0 Å². The number of para-hydroxylation sites is 2. The lowest BCUT2D eigenvalue weighted by Crippen LogP contribution is -2.30. The van der Waals surface area contributed by atoms with Crippen LogP contribution < -0.4 is 5.32 Å². The zero-order chi connectivity index (χ0) is 16.1. The maximum Gasteiger partial charge on any atom is 0.222 e. The molecule has 1 N–H and O–H groups in total. The molecular formula is C18H27N3O. The van der Waals surface area contributed by atoms with E-state index in [4.69, 9.17) is 4.98 Å². The van der Waals surface area contributed by atoms with Crippen molar-refractivity contribution in [3.8, 4) is 0 Å². The van der Waals surface area contributed by atoms with Gasteiger partial charge in [0.2, 0.25) is 5.91 Å². The van der Waals surface area contributed by atoms with Crippen molar-refractivity contribution in [3.05, 3.63) is 30.1 Å². The molecule has 0 radical (unpaired) electrons. The van der Waals surface area contributed by atoms with Gasteiger partial charge in [-0.05, 0) is 24.5 Å². The molecular weight excluding hydrogens is 274 g/mol. The molecule has 0 aliphatic heterocycles. The number of carbonyl (C=O) groups excluding carboxylic acids is 1. The summed E-state index contributed by atoms with van der Waals surface area (Å²) in [5.41, 5.74) is 2.23. The highest BCUT2D eigenvalue weighted by molar-refractivity contribution is 5.78. The molecule has 0 bridgehead atoms. The number of rotatable bonds is 7. The second kappa shape index (κ2) is 7.43. The van der Waals surface area contributed by atoms with E-state index in [9.17, 15) is 4.79 Å². The number of hydrogen-bond acceptors (Lipinski definition) is 2. The fraction of sp³-hybridized carbons (Fsp3) is 0.556. The van der Waals surface area contributed by atoms with Gasteiger partial charge in [0.25, 0.3) is 0 Å². The van der Waals surface area contributed by atoms with Crippen LogP contribution in [0.15, 0.2) is 24.3 Å². The van der Waals surface area contributed by atoms with E-state index in [1.807, 2.05) is 19.9 Å². The molecule has 2 aromatic rings. The highest BCUT2D eigenvalue weighted by Gasteiger charge is 2.12. The van der Waals surface area contributed by atoms with Crippen LogP contribution in [0.1, 0.15) is 39.9 Å². The van der Waals surface area contributed by atoms with Crippen LogP contribution >= 0.6 is 0 Å². The maximum absolute atomic E-state index is 11.7. The SMILES string of the molecule is CC(C)CCn1c(CCNC(=O)C(C)C)nc2ccccc21. The molecule has 0 spiro atoms. The third-order valence-electron chi connectivity index (χ3n) is 3.84. The number of imidazole rings is 1. The summed E-state index contributed by atoms with van der Waals surface area (Å²) in [5, 5.41) is 2.97. The Morgan fingerprint density at radius 1 is 1.23 bits per heavy atom. The number of benzene rings is 1. The zero-order valence-corrected chi connectivity index (χ0v) is 14.1. The molecule has 120 valence electrons. The topological polar surface area (TPSA) is 46.9 Å². The van der Waals surface area contributed by atoms with E-state index >= 15 is 0 Å². The van der Waals surface area contributed by atoms with Gasteiger partial charge in [0.15, 0.2) is 0 Å². The zero-order valence-electron chi connectivity index (χ0n) is 14.1. The van der Waals surface area contributed by atoms with Crippen LogP contribution in [0.5, 0.6) is 0 Å². The van der Waals surface area contributed by atoms with Crippen molar-refractivity contribution in [1.82, 2.24) is 14.9 Å². The van der Waals surface area contributed by atoms with E-state index in [-0.39, 0.29) is 11.8 Å². The predicted molar refractivity (Wildman–Crippen MR) is 90.7 cm³/mol. The van der Waals surface area contributed by atoms with E-state index in [0.29, 0.717) is 12.5 Å². The minimum atomic E-state index is 0.0276. The van der Waals surface area contributed by atoms with E-state index in [0.717, 1.165) is 30.7 Å². The van der Waals surface area contributed by atoms with Crippen LogP contribution in [0.4, 0.5) is 0 Å². The summed E-state index contributed by atoms with van der Waals surface area (Å²) >= 11 is 0. The standard InChI is InChI=1S/C18H27N3O/c1-13(2)10-12-21-16-8-6-5-7-15(16)20-17(21)9-11-19-18(22)14(3)4/h5-8,13-14H,9-12H2,1-4H3,(H,19,22). The number of amides is 1. The molecule has 0 aliphatic rings. The Morgan fingerprint density at radius 2 is 1.95 bits per heavy atom. The number of carbonyl (C=O) groups is 1. The summed E-state index contributed by atoms with van der Waals surface area (Å²) in [6, 6.07) is 8.25. The smallest absolute Gasteiger partial charge is 0.222 e. The van der Waals surface area contributed by atoms with Crippen molar-refractivity contribution >= 4 is 16.9 Å². The van der Waals surface area contributed by atoms with Gasteiger partial charge in [-0.3, -0.25) is 4.79 Å². The van der Waals surface area contributed by atoms with Crippen LogP contribution in [0.3, 0.4) is 0 Å². The van der Waals surface area contributed by atoms with Crippen molar-refractivity contribution in [2.24, 2.45) is 11.8 Å². The largest absolute Gasteiger partial charge is 0.355 e. The molecule has 1 heterocycles. The first-order valence-electron chi connectivity index (χ1n) is 8.21. The lowest BCUT2D eigenvalue weighted by molar-refractivity contribution is -0.123. The van der Waals surface area contributed by atoms with Crippen molar-refractivity contribution in [1.29, 1.82) is 0 Å². The summed E-state index contributed by atoms with van der Waals surface area (Å²) in [5.74, 6) is 1.85. The summed E-state index contributed by atoms with van der Waals surface area (Å²) in [4.78, 5) is 16.4. The lowest BCUT2D eigenvalue weighted by Gasteiger charge is -2.12. The van der Waals surface area contributed by atoms with Crippen LogP contribution in [0.25, 0.3) is 11.0 Å². The molecule has 2 rings (SSSR count). The average Bonchev–Trinajstić information content (AvgIpc) is 2.82. The molecule has 4 nitrogen and oxygen atoms in total. The molecule has 0 fully saturated rings. The molecule has 1 amide bonds. The van der Waals surface area contributed by atoms with Gasteiger partial charge in [-0.1, -0.05) is 39.8 Å². The van der Waals surface area contributed by atoms with Gasteiger partial charge in [0.1, 0.15) is 5.82 Å². The Morgan fingerprint density at radius 3 is 2.64 bits per heavy atom. The Kier molecular flexibility index (Phi) is 5.58. The highest BCUT2D eigenvalue weighted by Crippen LogP contribution is 2.18. The molecule has 1 aromatic heterocycles. The van der Waals surface area contributed by atoms with E-state index in [1.165, 1.54) is 5.52 Å². The number of hydrogen-bond donors (Lipinski definition) is 1. The average molecular weight is 301 g/mol. The van der Waals surface area contributed by atoms with Gasteiger partial charge in [-0.2, -0.15) is 0 Å². The number of nitrogens with zero attached hydrogens (tertiary/aromatic N) is 2. The van der Waals surface area contributed by atoms with Gasteiger partial charge in [0, 0.05) is 25.4 Å². The second-order valence-electron chi connectivity index (χ2n) is 6.55. The van der Waals surface area contributed by atoms with Gasteiger partial charge < -0.3 is 9.88 Å². The summed E-state index contributed by atoms with van der Waals surface area (Å²) in [7, 11) is 0. The molecule has 4 heteroatoms. The van der Waals surface area contributed by atoms with Crippen molar-refractivity contribution in [3.63, 3.8) is 0 Å². The first-order valence-corrected chi connectivity index (χ1v) is 8.21. The molecule has 0 saturated heterocycles. The van der Waals surface area contributed by atoms with E-state index in [1.54, 1.807) is 0 Å². The molecule has 0 aliphatic carbocycles. The third-order valence-corrected chi connectivity index (χ3v) is 3.84. The quantitative estimate of drug-likeness (QED) is 0.852. The fourth-order valence-electron chi connectivity index (χ4n) is 2.45. The van der Waals surface area contributed by atoms with Crippen LogP contribution in [-0.2, 0) is 17.8 Å². The molecule has 22 heavy (non-hydrogen) atoms.